The Hall–Kier alpha value is -0.120. The zero-order chi connectivity index (χ0) is 8.59. The Bertz CT molecular complexity index is 123. The number of hydrogen-bond donors (Lipinski definition) is 2. The lowest BCUT2D eigenvalue weighted by molar-refractivity contribution is -0.184. The van der Waals surface area contributed by atoms with Gasteiger partial charge in [-0.25, -0.2) is 0 Å². The summed E-state index contributed by atoms with van der Waals surface area (Å²) >= 11 is 0. The largest absolute Gasteiger partial charge is 0.390 e. The standard InChI is InChI=1S/C8H16O3/c1-4-5(2)11-6(3)8(10)7(4)9/h4-10H,1-3H3/t4-,5+,6?,7?,8+/m1/s1. The molecule has 1 rings (SSSR count). The maximum atomic E-state index is 9.46. The van der Waals surface area contributed by atoms with Gasteiger partial charge in [-0.15, -0.1) is 0 Å². The minimum absolute atomic E-state index is 0.0150. The molecule has 2 N–H and O–H groups in total. The van der Waals surface area contributed by atoms with E-state index in [2.05, 4.69) is 0 Å². The van der Waals surface area contributed by atoms with Gasteiger partial charge in [0.2, 0.25) is 0 Å². The zero-order valence-corrected chi connectivity index (χ0v) is 7.19. The van der Waals surface area contributed by atoms with Crippen LogP contribution in [0, 0.1) is 5.92 Å². The third kappa shape index (κ3) is 1.55. The maximum absolute atomic E-state index is 9.46. The van der Waals surface area contributed by atoms with Crippen LogP contribution in [0.3, 0.4) is 0 Å². The third-order valence-corrected chi connectivity index (χ3v) is 2.54. The summed E-state index contributed by atoms with van der Waals surface area (Å²) in [6.45, 7) is 5.57. The predicted octanol–water partition coefficient (Wildman–Crippen LogP) is 0.152. The Morgan fingerprint density at radius 3 is 2.00 bits per heavy atom. The van der Waals surface area contributed by atoms with E-state index in [1.165, 1.54) is 0 Å². The molecule has 3 heteroatoms. The Morgan fingerprint density at radius 1 is 0.909 bits per heavy atom. The van der Waals surface area contributed by atoms with E-state index >= 15 is 0 Å². The highest BCUT2D eigenvalue weighted by Crippen LogP contribution is 2.24. The maximum Gasteiger partial charge on any atom is 0.106 e. The summed E-state index contributed by atoms with van der Waals surface area (Å²) in [4.78, 5) is 0. The second kappa shape index (κ2) is 3.09. The lowest BCUT2D eigenvalue weighted by Crippen LogP contribution is -2.51. The van der Waals surface area contributed by atoms with Gasteiger partial charge in [-0.3, -0.25) is 0 Å². The summed E-state index contributed by atoms with van der Waals surface area (Å²) in [6, 6.07) is 0. The first-order valence-corrected chi connectivity index (χ1v) is 4.05. The molecular formula is C8H16O3. The molecule has 0 aliphatic carbocycles. The van der Waals surface area contributed by atoms with Gasteiger partial charge in [0, 0.05) is 5.92 Å². The first-order valence-electron chi connectivity index (χ1n) is 4.05. The van der Waals surface area contributed by atoms with E-state index in [1.54, 1.807) is 6.92 Å². The first kappa shape index (κ1) is 8.97. The number of aliphatic hydroxyl groups is 2. The summed E-state index contributed by atoms with van der Waals surface area (Å²) in [7, 11) is 0. The van der Waals surface area contributed by atoms with Crippen molar-refractivity contribution in [3.63, 3.8) is 0 Å². The van der Waals surface area contributed by atoms with Crippen LogP contribution in [0.4, 0.5) is 0 Å². The smallest absolute Gasteiger partial charge is 0.106 e. The van der Waals surface area contributed by atoms with Gasteiger partial charge in [0.1, 0.15) is 6.10 Å². The van der Waals surface area contributed by atoms with Gasteiger partial charge in [-0.2, -0.15) is 0 Å². The van der Waals surface area contributed by atoms with Crippen molar-refractivity contribution in [1.29, 1.82) is 0 Å². The van der Waals surface area contributed by atoms with Crippen molar-refractivity contribution in [2.75, 3.05) is 0 Å². The highest BCUT2D eigenvalue weighted by atomic mass is 16.5. The fourth-order valence-electron chi connectivity index (χ4n) is 1.41. The van der Waals surface area contributed by atoms with Crippen molar-refractivity contribution in [1.82, 2.24) is 0 Å². The topological polar surface area (TPSA) is 49.7 Å². The molecule has 0 radical (unpaired) electrons. The van der Waals surface area contributed by atoms with E-state index in [0.717, 1.165) is 0 Å². The van der Waals surface area contributed by atoms with E-state index in [-0.39, 0.29) is 18.1 Å². The van der Waals surface area contributed by atoms with Crippen molar-refractivity contribution in [3.8, 4) is 0 Å². The van der Waals surface area contributed by atoms with E-state index in [4.69, 9.17) is 4.74 Å². The van der Waals surface area contributed by atoms with Gasteiger partial charge in [0.25, 0.3) is 0 Å². The molecule has 0 aromatic rings. The molecule has 1 fully saturated rings. The summed E-state index contributed by atoms with van der Waals surface area (Å²) in [5.41, 5.74) is 0. The Morgan fingerprint density at radius 2 is 1.45 bits per heavy atom. The van der Waals surface area contributed by atoms with Gasteiger partial charge >= 0.3 is 0 Å². The van der Waals surface area contributed by atoms with Crippen LogP contribution in [-0.2, 0) is 4.74 Å². The van der Waals surface area contributed by atoms with Crippen molar-refractivity contribution in [2.24, 2.45) is 5.92 Å². The van der Waals surface area contributed by atoms with Crippen LogP contribution >= 0.6 is 0 Å². The molecule has 2 unspecified atom stereocenters. The van der Waals surface area contributed by atoms with Gasteiger partial charge in [0.15, 0.2) is 0 Å². The molecule has 11 heavy (non-hydrogen) atoms. The van der Waals surface area contributed by atoms with E-state index in [1.807, 2.05) is 13.8 Å². The number of ether oxygens (including phenoxy) is 1. The lowest BCUT2D eigenvalue weighted by Gasteiger charge is -2.38. The summed E-state index contributed by atoms with van der Waals surface area (Å²) in [5, 5.41) is 18.8. The van der Waals surface area contributed by atoms with Crippen molar-refractivity contribution in [3.05, 3.63) is 0 Å². The van der Waals surface area contributed by atoms with Crippen LogP contribution in [0.15, 0.2) is 0 Å². The molecule has 0 saturated carbocycles. The van der Waals surface area contributed by atoms with E-state index in [0.29, 0.717) is 0 Å². The molecule has 66 valence electrons. The van der Waals surface area contributed by atoms with E-state index < -0.39 is 12.2 Å². The van der Waals surface area contributed by atoms with Crippen LogP contribution < -0.4 is 0 Å². The summed E-state index contributed by atoms with van der Waals surface area (Å²) in [6.07, 6.45) is -1.60. The number of hydrogen-bond acceptors (Lipinski definition) is 3. The SMILES string of the molecule is CC1O[C@@H](C)[C@@H](C)C(O)[C@H]1O. The molecule has 1 aliphatic heterocycles. The van der Waals surface area contributed by atoms with Crippen molar-refractivity contribution >= 4 is 0 Å². The fraction of sp³-hybridized carbons (Fsp3) is 1.00. The summed E-state index contributed by atoms with van der Waals surface area (Å²) in [5.74, 6) is 0.0150. The second-order valence-electron chi connectivity index (χ2n) is 3.39. The van der Waals surface area contributed by atoms with Crippen LogP contribution in [0.25, 0.3) is 0 Å². The Labute approximate surface area is 67.0 Å². The molecule has 5 atom stereocenters. The molecule has 1 aliphatic rings. The van der Waals surface area contributed by atoms with Gasteiger partial charge in [-0.1, -0.05) is 6.92 Å². The molecule has 0 amide bonds. The molecular weight excluding hydrogens is 144 g/mol. The first-order chi connectivity index (χ1) is 5.04. The van der Waals surface area contributed by atoms with Crippen molar-refractivity contribution < 1.29 is 14.9 Å². The molecule has 0 aromatic carbocycles. The Kier molecular flexibility index (Phi) is 2.52. The lowest BCUT2D eigenvalue weighted by atomic mass is 9.89. The zero-order valence-electron chi connectivity index (χ0n) is 7.19. The number of rotatable bonds is 0. The fourth-order valence-corrected chi connectivity index (χ4v) is 1.41. The molecule has 1 saturated heterocycles. The van der Waals surface area contributed by atoms with Crippen LogP contribution in [0.2, 0.25) is 0 Å². The van der Waals surface area contributed by atoms with Crippen molar-refractivity contribution in [2.45, 2.75) is 45.2 Å². The quantitative estimate of drug-likeness (QED) is 0.530. The second-order valence-corrected chi connectivity index (χ2v) is 3.39. The average Bonchev–Trinajstić information content (AvgIpc) is 1.97. The van der Waals surface area contributed by atoms with Crippen LogP contribution in [0.5, 0.6) is 0 Å². The van der Waals surface area contributed by atoms with Gasteiger partial charge in [0.05, 0.1) is 18.3 Å². The molecule has 3 nitrogen and oxygen atoms in total. The summed E-state index contributed by atoms with van der Waals surface area (Å²) < 4.78 is 5.37. The molecule has 0 aromatic heterocycles. The molecule has 1 heterocycles. The average molecular weight is 160 g/mol. The van der Waals surface area contributed by atoms with E-state index in [9.17, 15) is 10.2 Å². The molecule has 0 bridgehead atoms. The minimum Gasteiger partial charge on any atom is -0.390 e. The van der Waals surface area contributed by atoms with Gasteiger partial charge in [-0.05, 0) is 13.8 Å². The minimum atomic E-state index is -0.735. The highest BCUT2D eigenvalue weighted by molar-refractivity contribution is 4.86. The Balaban J connectivity index is 2.63. The predicted molar refractivity (Wildman–Crippen MR) is 41.2 cm³/mol. The normalized spacial score (nSPS) is 52.6. The van der Waals surface area contributed by atoms with Crippen LogP contribution in [0.1, 0.15) is 20.8 Å². The molecule has 0 spiro atoms. The highest BCUT2D eigenvalue weighted by Gasteiger charge is 2.37. The number of aliphatic hydroxyl groups excluding tert-OH is 2. The van der Waals surface area contributed by atoms with Gasteiger partial charge < -0.3 is 14.9 Å². The third-order valence-electron chi connectivity index (χ3n) is 2.54. The monoisotopic (exact) mass is 160 g/mol. The van der Waals surface area contributed by atoms with Crippen LogP contribution in [-0.4, -0.2) is 34.6 Å².